The molecule has 1 unspecified atom stereocenters. The average molecular weight is 256 g/mol. The van der Waals surface area contributed by atoms with Gasteiger partial charge in [0, 0.05) is 32.4 Å². The van der Waals surface area contributed by atoms with Crippen molar-refractivity contribution in [3.05, 3.63) is 42.0 Å². The van der Waals surface area contributed by atoms with Gasteiger partial charge in [-0.05, 0) is 25.1 Å². The average Bonchev–Trinajstić information content (AvgIpc) is 3.03. The van der Waals surface area contributed by atoms with Crippen molar-refractivity contribution in [2.45, 2.75) is 19.3 Å². The molecule has 0 saturated heterocycles. The van der Waals surface area contributed by atoms with Gasteiger partial charge >= 0.3 is 0 Å². The molecule has 5 nitrogen and oxygen atoms in total. The summed E-state index contributed by atoms with van der Waals surface area (Å²) in [5.41, 5.74) is 2.89. The minimum atomic E-state index is -0.196. The van der Waals surface area contributed by atoms with Crippen LogP contribution in [0.5, 0.6) is 0 Å². The van der Waals surface area contributed by atoms with Gasteiger partial charge in [0.05, 0.1) is 23.0 Å². The maximum absolute atomic E-state index is 12.6. The molecule has 3 heterocycles. The van der Waals surface area contributed by atoms with Crippen LogP contribution in [0, 0.1) is 0 Å². The molecule has 0 fully saturated rings. The largest absolute Gasteiger partial charge is 0.310 e. The second-order valence-corrected chi connectivity index (χ2v) is 4.81. The van der Waals surface area contributed by atoms with Crippen LogP contribution < -0.4 is 4.90 Å². The van der Waals surface area contributed by atoms with E-state index in [9.17, 15) is 4.79 Å². The number of aromatic nitrogens is 3. The third-order valence-corrected chi connectivity index (χ3v) is 3.67. The third kappa shape index (κ3) is 1.91. The Labute approximate surface area is 111 Å². The third-order valence-electron chi connectivity index (χ3n) is 3.67. The summed E-state index contributed by atoms with van der Waals surface area (Å²) in [7, 11) is 1.86. The minimum Gasteiger partial charge on any atom is -0.310 e. The van der Waals surface area contributed by atoms with Crippen molar-refractivity contribution in [3.63, 3.8) is 0 Å². The van der Waals surface area contributed by atoms with Crippen LogP contribution in [-0.4, -0.2) is 27.2 Å². The summed E-state index contributed by atoms with van der Waals surface area (Å²) in [5, 5.41) is 4.12. The number of pyridine rings is 1. The number of amides is 1. The van der Waals surface area contributed by atoms with E-state index in [4.69, 9.17) is 0 Å². The van der Waals surface area contributed by atoms with Crippen molar-refractivity contribution >= 4 is 11.6 Å². The minimum absolute atomic E-state index is 0.107. The van der Waals surface area contributed by atoms with Crippen LogP contribution in [0.25, 0.3) is 0 Å². The zero-order chi connectivity index (χ0) is 13.4. The maximum Gasteiger partial charge on any atom is 0.235 e. The Morgan fingerprint density at radius 1 is 1.37 bits per heavy atom. The van der Waals surface area contributed by atoms with E-state index in [1.807, 2.05) is 37.1 Å². The number of carbonyl (C=O) groups is 1. The molecular formula is C14H16N4O. The molecule has 0 spiro atoms. The molecule has 0 saturated carbocycles. The van der Waals surface area contributed by atoms with Crippen molar-refractivity contribution in [2.75, 3.05) is 11.4 Å². The number of fused-ring (bicyclic) bond motifs is 1. The first-order valence-corrected chi connectivity index (χ1v) is 6.41. The smallest absolute Gasteiger partial charge is 0.235 e. The molecule has 98 valence electrons. The summed E-state index contributed by atoms with van der Waals surface area (Å²) in [5.74, 6) is -0.0889. The van der Waals surface area contributed by atoms with E-state index >= 15 is 0 Å². The Morgan fingerprint density at radius 3 is 2.95 bits per heavy atom. The predicted octanol–water partition coefficient (Wildman–Crippen LogP) is 1.51. The molecule has 0 radical (unpaired) electrons. The van der Waals surface area contributed by atoms with Crippen LogP contribution >= 0.6 is 0 Å². The van der Waals surface area contributed by atoms with Gasteiger partial charge in [-0.1, -0.05) is 0 Å². The Hall–Kier alpha value is -2.17. The topological polar surface area (TPSA) is 51.0 Å². The van der Waals surface area contributed by atoms with Crippen LogP contribution in [0.2, 0.25) is 0 Å². The van der Waals surface area contributed by atoms with Crippen LogP contribution in [0.15, 0.2) is 30.6 Å². The fraction of sp³-hybridized carbons (Fsp3) is 0.357. The fourth-order valence-electron chi connectivity index (χ4n) is 2.60. The predicted molar refractivity (Wildman–Crippen MR) is 71.9 cm³/mol. The molecule has 5 heteroatoms. The standard InChI is InChI=1S/C14H16N4O/c1-10(12-5-8-16-17(12)2)14(19)18-9-6-11-13(18)4-3-7-15-11/h3-5,7-8,10H,6,9H2,1-2H3. The fourth-order valence-corrected chi connectivity index (χ4v) is 2.60. The summed E-state index contributed by atoms with van der Waals surface area (Å²) in [6, 6.07) is 5.73. The lowest BCUT2D eigenvalue weighted by atomic mass is 10.1. The highest BCUT2D eigenvalue weighted by Gasteiger charge is 2.30. The summed E-state index contributed by atoms with van der Waals surface area (Å²) < 4.78 is 1.75. The second kappa shape index (κ2) is 4.50. The number of nitrogens with zero attached hydrogens (tertiary/aromatic N) is 4. The van der Waals surface area contributed by atoms with Crippen LogP contribution in [0.4, 0.5) is 5.69 Å². The van der Waals surface area contributed by atoms with Crippen molar-refractivity contribution in [2.24, 2.45) is 7.05 Å². The first kappa shape index (κ1) is 11.9. The summed E-state index contributed by atoms with van der Waals surface area (Å²) in [4.78, 5) is 18.8. The van der Waals surface area contributed by atoms with Gasteiger partial charge in [-0.15, -0.1) is 0 Å². The van der Waals surface area contributed by atoms with E-state index in [1.165, 1.54) is 0 Å². The highest BCUT2D eigenvalue weighted by Crippen LogP contribution is 2.29. The lowest BCUT2D eigenvalue weighted by molar-refractivity contribution is -0.119. The number of rotatable bonds is 2. The molecule has 0 N–H and O–H groups in total. The monoisotopic (exact) mass is 256 g/mol. The van der Waals surface area contributed by atoms with Crippen molar-refractivity contribution in [1.29, 1.82) is 0 Å². The highest BCUT2D eigenvalue weighted by molar-refractivity contribution is 5.99. The normalized spacial score (nSPS) is 15.4. The number of carbonyl (C=O) groups excluding carboxylic acids is 1. The van der Waals surface area contributed by atoms with E-state index < -0.39 is 0 Å². The zero-order valence-corrected chi connectivity index (χ0v) is 11.1. The summed E-state index contributed by atoms with van der Waals surface area (Å²) in [6.07, 6.45) is 4.33. The van der Waals surface area contributed by atoms with E-state index in [1.54, 1.807) is 17.1 Å². The Kier molecular flexibility index (Phi) is 2.81. The number of hydrogen-bond acceptors (Lipinski definition) is 3. The van der Waals surface area contributed by atoms with Crippen LogP contribution in [0.3, 0.4) is 0 Å². The Balaban J connectivity index is 1.88. The van der Waals surface area contributed by atoms with Gasteiger partial charge in [0.2, 0.25) is 5.91 Å². The summed E-state index contributed by atoms with van der Waals surface area (Å²) >= 11 is 0. The highest BCUT2D eigenvalue weighted by atomic mass is 16.2. The number of aryl methyl sites for hydroxylation is 1. The van der Waals surface area contributed by atoms with Gasteiger partial charge in [-0.2, -0.15) is 5.10 Å². The molecule has 1 aliphatic heterocycles. The van der Waals surface area contributed by atoms with Gasteiger partial charge in [-0.25, -0.2) is 0 Å². The molecule has 2 aromatic rings. The van der Waals surface area contributed by atoms with E-state index in [-0.39, 0.29) is 11.8 Å². The lowest BCUT2D eigenvalue weighted by Gasteiger charge is -2.21. The SMILES string of the molecule is CC(C(=O)N1CCc2ncccc21)c1ccnn1C. The Morgan fingerprint density at radius 2 is 2.21 bits per heavy atom. The molecule has 1 atom stereocenters. The molecule has 0 aliphatic carbocycles. The van der Waals surface area contributed by atoms with Gasteiger partial charge in [0.1, 0.15) is 0 Å². The van der Waals surface area contributed by atoms with E-state index in [0.717, 1.165) is 23.5 Å². The van der Waals surface area contributed by atoms with Crippen molar-refractivity contribution in [1.82, 2.24) is 14.8 Å². The molecule has 1 amide bonds. The molecule has 0 aromatic carbocycles. The van der Waals surface area contributed by atoms with Crippen LogP contribution in [0.1, 0.15) is 24.2 Å². The van der Waals surface area contributed by atoms with E-state index in [2.05, 4.69) is 10.1 Å². The molecular weight excluding hydrogens is 240 g/mol. The molecule has 0 bridgehead atoms. The van der Waals surface area contributed by atoms with E-state index in [0.29, 0.717) is 6.54 Å². The van der Waals surface area contributed by atoms with Gasteiger partial charge < -0.3 is 4.90 Å². The van der Waals surface area contributed by atoms with Gasteiger partial charge in [-0.3, -0.25) is 14.5 Å². The molecule has 2 aromatic heterocycles. The maximum atomic E-state index is 12.6. The zero-order valence-electron chi connectivity index (χ0n) is 11.1. The number of anilines is 1. The quantitative estimate of drug-likeness (QED) is 0.818. The molecule has 19 heavy (non-hydrogen) atoms. The second-order valence-electron chi connectivity index (χ2n) is 4.81. The van der Waals surface area contributed by atoms with Crippen LogP contribution in [-0.2, 0) is 18.3 Å². The van der Waals surface area contributed by atoms with Crippen molar-refractivity contribution < 1.29 is 4.79 Å². The van der Waals surface area contributed by atoms with Gasteiger partial charge in [0.25, 0.3) is 0 Å². The molecule has 3 rings (SSSR count). The number of hydrogen-bond donors (Lipinski definition) is 0. The van der Waals surface area contributed by atoms with Gasteiger partial charge in [0.15, 0.2) is 0 Å². The van der Waals surface area contributed by atoms with Crippen molar-refractivity contribution in [3.8, 4) is 0 Å². The first-order chi connectivity index (χ1) is 9.18. The first-order valence-electron chi connectivity index (χ1n) is 6.41. The Bertz CT molecular complexity index is 619. The molecule has 1 aliphatic rings. The summed E-state index contributed by atoms with van der Waals surface area (Å²) in [6.45, 7) is 2.64. The lowest BCUT2D eigenvalue weighted by Crippen LogP contribution is -2.33.